The molecule has 0 saturated carbocycles. The van der Waals surface area contributed by atoms with Crippen LogP contribution >= 0.6 is 0 Å². The molecule has 1 aromatic rings. The summed E-state index contributed by atoms with van der Waals surface area (Å²) in [5.41, 5.74) is 7.72. The molecule has 1 nitrogen and oxygen atoms in total. The highest BCUT2D eigenvalue weighted by Crippen LogP contribution is 2.29. The van der Waals surface area contributed by atoms with E-state index in [1.165, 1.54) is 0 Å². The van der Waals surface area contributed by atoms with Gasteiger partial charge >= 0.3 is 0 Å². The second-order valence-electron chi connectivity index (χ2n) is 5.08. The third kappa shape index (κ3) is 3.31. The van der Waals surface area contributed by atoms with Crippen molar-refractivity contribution in [1.29, 1.82) is 0 Å². The number of aryl methyl sites for hydroxylation is 1. The highest BCUT2D eigenvalue weighted by atomic mass is 19.1. The first-order valence-corrected chi connectivity index (χ1v) is 5.34. The second-order valence-corrected chi connectivity index (χ2v) is 5.08. The fourth-order valence-electron chi connectivity index (χ4n) is 2.05. The minimum atomic E-state index is -0.164. The second kappa shape index (κ2) is 4.31. The Morgan fingerprint density at radius 1 is 1.33 bits per heavy atom. The van der Waals surface area contributed by atoms with Gasteiger partial charge in [-0.25, -0.2) is 4.39 Å². The SMILES string of the molecule is Cc1cc(F)cc(C(C)(C)CC(C)N)c1. The topological polar surface area (TPSA) is 26.0 Å². The highest BCUT2D eigenvalue weighted by Gasteiger charge is 2.22. The molecule has 2 heteroatoms. The highest BCUT2D eigenvalue weighted by molar-refractivity contribution is 5.29. The summed E-state index contributed by atoms with van der Waals surface area (Å²) < 4.78 is 13.3. The van der Waals surface area contributed by atoms with Crippen molar-refractivity contribution < 1.29 is 4.39 Å². The fourth-order valence-corrected chi connectivity index (χ4v) is 2.05. The van der Waals surface area contributed by atoms with Crippen LogP contribution in [0.3, 0.4) is 0 Å². The Morgan fingerprint density at radius 2 is 1.93 bits per heavy atom. The molecule has 0 bridgehead atoms. The van der Waals surface area contributed by atoms with Gasteiger partial charge in [0.25, 0.3) is 0 Å². The summed E-state index contributed by atoms with van der Waals surface area (Å²) in [7, 11) is 0. The molecular weight excluding hydrogens is 189 g/mol. The van der Waals surface area contributed by atoms with E-state index in [0.29, 0.717) is 0 Å². The Balaban J connectivity index is 3.03. The number of nitrogens with two attached hydrogens (primary N) is 1. The number of halogens is 1. The molecule has 1 unspecified atom stereocenters. The van der Waals surface area contributed by atoms with Gasteiger partial charge in [0.05, 0.1) is 0 Å². The zero-order chi connectivity index (χ0) is 11.6. The monoisotopic (exact) mass is 209 g/mol. The van der Waals surface area contributed by atoms with Crippen molar-refractivity contribution in [2.45, 2.75) is 45.6 Å². The summed E-state index contributed by atoms with van der Waals surface area (Å²) in [5.74, 6) is -0.164. The molecule has 1 aromatic carbocycles. The third-order valence-electron chi connectivity index (χ3n) is 2.66. The number of rotatable bonds is 3. The Bertz CT molecular complexity index is 322. The maximum Gasteiger partial charge on any atom is 0.123 e. The number of hydrogen-bond donors (Lipinski definition) is 1. The van der Waals surface area contributed by atoms with Crippen LogP contribution in [0, 0.1) is 12.7 Å². The van der Waals surface area contributed by atoms with Gasteiger partial charge in [-0.1, -0.05) is 19.9 Å². The van der Waals surface area contributed by atoms with Crippen LogP contribution in [0.25, 0.3) is 0 Å². The van der Waals surface area contributed by atoms with Gasteiger partial charge in [-0.2, -0.15) is 0 Å². The standard InChI is InChI=1S/C13H20FN/c1-9-5-11(7-12(14)6-9)13(3,4)8-10(2)15/h5-7,10H,8,15H2,1-4H3. The summed E-state index contributed by atoms with van der Waals surface area (Å²) in [5, 5.41) is 0. The van der Waals surface area contributed by atoms with E-state index >= 15 is 0 Å². The van der Waals surface area contributed by atoms with Crippen molar-refractivity contribution >= 4 is 0 Å². The summed E-state index contributed by atoms with van der Waals surface area (Å²) in [6, 6.07) is 5.32. The molecular formula is C13H20FN. The molecule has 0 saturated heterocycles. The van der Waals surface area contributed by atoms with Crippen molar-refractivity contribution in [1.82, 2.24) is 0 Å². The molecule has 0 spiro atoms. The summed E-state index contributed by atoms with van der Waals surface area (Å²) in [6.07, 6.45) is 0.857. The quantitative estimate of drug-likeness (QED) is 0.813. The summed E-state index contributed by atoms with van der Waals surface area (Å²) in [4.78, 5) is 0. The molecule has 1 atom stereocenters. The maximum absolute atomic E-state index is 13.3. The summed E-state index contributed by atoms with van der Waals surface area (Å²) in [6.45, 7) is 8.09. The third-order valence-corrected chi connectivity index (χ3v) is 2.66. The van der Waals surface area contributed by atoms with Crippen LogP contribution in [0.2, 0.25) is 0 Å². The molecule has 2 N–H and O–H groups in total. The van der Waals surface area contributed by atoms with Gasteiger partial charge in [0.1, 0.15) is 5.82 Å². The molecule has 15 heavy (non-hydrogen) atoms. The Labute approximate surface area is 91.5 Å². The average Bonchev–Trinajstić information content (AvgIpc) is 1.99. The predicted molar refractivity (Wildman–Crippen MR) is 62.4 cm³/mol. The fraction of sp³-hybridized carbons (Fsp3) is 0.538. The summed E-state index contributed by atoms with van der Waals surface area (Å²) >= 11 is 0. The molecule has 0 fully saturated rings. The van der Waals surface area contributed by atoms with Gasteiger partial charge in [0.2, 0.25) is 0 Å². The lowest BCUT2D eigenvalue weighted by atomic mass is 9.79. The number of hydrogen-bond acceptors (Lipinski definition) is 1. The molecule has 0 radical (unpaired) electrons. The molecule has 84 valence electrons. The van der Waals surface area contributed by atoms with Crippen molar-refractivity contribution in [2.24, 2.45) is 5.73 Å². The van der Waals surface area contributed by atoms with Gasteiger partial charge < -0.3 is 5.73 Å². The number of benzene rings is 1. The Morgan fingerprint density at radius 3 is 2.40 bits per heavy atom. The zero-order valence-corrected chi connectivity index (χ0v) is 9.97. The van der Waals surface area contributed by atoms with E-state index in [0.717, 1.165) is 17.5 Å². The van der Waals surface area contributed by atoms with Crippen LogP contribution in [-0.4, -0.2) is 6.04 Å². The van der Waals surface area contributed by atoms with Crippen LogP contribution in [-0.2, 0) is 5.41 Å². The van der Waals surface area contributed by atoms with E-state index in [1.54, 1.807) is 12.1 Å². The lowest BCUT2D eigenvalue weighted by Gasteiger charge is -2.27. The van der Waals surface area contributed by atoms with Gasteiger partial charge in [-0.3, -0.25) is 0 Å². The minimum Gasteiger partial charge on any atom is -0.328 e. The van der Waals surface area contributed by atoms with Crippen molar-refractivity contribution in [3.8, 4) is 0 Å². The van der Waals surface area contributed by atoms with Crippen LogP contribution in [0.15, 0.2) is 18.2 Å². The van der Waals surface area contributed by atoms with E-state index in [4.69, 9.17) is 5.73 Å². The first kappa shape index (κ1) is 12.2. The molecule has 0 heterocycles. The zero-order valence-electron chi connectivity index (χ0n) is 9.97. The van der Waals surface area contributed by atoms with Crippen molar-refractivity contribution in [3.05, 3.63) is 35.1 Å². The van der Waals surface area contributed by atoms with Crippen LogP contribution in [0.1, 0.15) is 38.3 Å². The Hall–Kier alpha value is -0.890. The normalized spacial score (nSPS) is 14.0. The lowest BCUT2D eigenvalue weighted by molar-refractivity contribution is 0.434. The van der Waals surface area contributed by atoms with Crippen molar-refractivity contribution in [2.75, 3.05) is 0 Å². The van der Waals surface area contributed by atoms with E-state index in [2.05, 4.69) is 13.8 Å². The van der Waals surface area contributed by atoms with Gasteiger partial charge in [0.15, 0.2) is 0 Å². The molecule has 0 aromatic heterocycles. The molecule has 0 amide bonds. The average molecular weight is 209 g/mol. The minimum absolute atomic E-state index is 0.0684. The lowest BCUT2D eigenvalue weighted by Crippen LogP contribution is -2.28. The van der Waals surface area contributed by atoms with Gasteiger partial charge in [-0.05, 0) is 48.9 Å². The largest absolute Gasteiger partial charge is 0.328 e. The first-order valence-electron chi connectivity index (χ1n) is 5.34. The van der Waals surface area contributed by atoms with Gasteiger partial charge in [-0.15, -0.1) is 0 Å². The van der Waals surface area contributed by atoms with E-state index in [1.807, 2.05) is 19.9 Å². The molecule has 0 aliphatic rings. The van der Waals surface area contributed by atoms with Crippen LogP contribution < -0.4 is 5.73 Å². The first-order chi connectivity index (χ1) is 6.81. The molecule has 0 aliphatic heterocycles. The van der Waals surface area contributed by atoms with Gasteiger partial charge in [0, 0.05) is 6.04 Å². The maximum atomic E-state index is 13.3. The van der Waals surface area contributed by atoms with Crippen LogP contribution in [0.5, 0.6) is 0 Å². The molecule has 0 aliphatic carbocycles. The van der Waals surface area contributed by atoms with E-state index in [9.17, 15) is 4.39 Å². The predicted octanol–water partition coefficient (Wildman–Crippen LogP) is 3.15. The van der Waals surface area contributed by atoms with E-state index in [-0.39, 0.29) is 17.3 Å². The Kier molecular flexibility index (Phi) is 3.50. The molecule has 1 rings (SSSR count). The van der Waals surface area contributed by atoms with E-state index < -0.39 is 0 Å². The smallest absolute Gasteiger partial charge is 0.123 e. The van der Waals surface area contributed by atoms with Crippen LogP contribution in [0.4, 0.5) is 4.39 Å². The van der Waals surface area contributed by atoms with Crippen molar-refractivity contribution in [3.63, 3.8) is 0 Å².